The van der Waals surface area contributed by atoms with Gasteiger partial charge in [-0.05, 0) is 45.6 Å². The van der Waals surface area contributed by atoms with Crippen molar-refractivity contribution in [3.63, 3.8) is 0 Å². The van der Waals surface area contributed by atoms with Crippen molar-refractivity contribution in [2.24, 2.45) is 0 Å². The molecular weight excluding hydrogens is 292 g/mol. The number of H-pyrrole nitrogens is 1. The summed E-state index contributed by atoms with van der Waals surface area (Å²) < 4.78 is 0. The first-order valence-corrected chi connectivity index (χ1v) is 7.93. The Labute approximate surface area is 135 Å². The van der Waals surface area contributed by atoms with E-state index in [0.29, 0.717) is 16.7 Å². The summed E-state index contributed by atoms with van der Waals surface area (Å²) in [6, 6.07) is -0.381. The van der Waals surface area contributed by atoms with E-state index in [4.69, 9.17) is 0 Å². The van der Waals surface area contributed by atoms with E-state index in [9.17, 15) is 9.90 Å². The summed E-state index contributed by atoms with van der Waals surface area (Å²) in [6.07, 6.45) is 8.75. The first-order chi connectivity index (χ1) is 10.9. The molecule has 1 aliphatic rings. The third-order valence-corrected chi connectivity index (χ3v) is 4.40. The Morgan fingerprint density at radius 1 is 1.48 bits per heavy atom. The van der Waals surface area contributed by atoms with E-state index >= 15 is 0 Å². The van der Waals surface area contributed by atoms with Crippen molar-refractivity contribution in [2.75, 3.05) is 0 Å². The van der Waals surface area contributed by atoms with Crippen LogP contribution in [0.4, 0.5) is 0 Å². The monoisotopic (exact) mass is 314 g/mol. The maximum atomic E-state index is 12.5. The molecule has 3 N–H and O–H groups in total. The van der Waals surface area contributed by atoms with E-state index in [2.05, 4.69) is 26.3 Å². The second kappa shape index (κ2) is 5.77. The third kappa shape index (κ3) is 3.12. The molecule has 2 heterocycles. The van der Waals surface area contributed by atoms with Crippen LogP contribution in [-0.2, 0) is 0 Å². The normalized spacial score (nSPS) is 16.4. The predicted molar refractivity (Wildman–Crippen MR) is 88.9 cm³/mol. The number of carbonyl (C=O) groups is 1. The molecule has 122 valence electrons. The first-order valence-electron chi connectivity index (χ1n) is 7.93. The van der Waals surface area contributed by atoms with Gasteiger partial charge in [-0.1, -0.05) is 6.08 Å². The highest BCUT2D eigenvalue weighted by atomic mass is 16.3. The Balaban J connectivity index is 1.91. The van der Waals surface area contributed by atoms with Gasteiger partial charge in [0.1, 0.15) is 5.52 Å². The van der Waals surface area contributed by atoms with E-state index in [1.165, 1.54) is 5.57 Å². The Morgan fingerprint density at radius 3 is 2.91 bits per heavy atom. The van der Waals surface area contributed by atoms with Gasteiger partial charge < -0.3 is 15.4 Å². The predicted octanol–water partition coefficient (Wildman–Crippen LogP) is 2.41. The third-order valence-electron chi connectivity index (χ3n) is 4.40. The Bertz CT molecular complexity index is 770. The maximum Gasteiger partial charge on any atom is 0.255 e. The number of fused-ring (bicyclic) bond motifs is 1. The van der Waals surface area contributed by atoms with Gasteiger partial charge in [-0.25, -0.2) is 9.97 Å². The SMILES string of the molecule is C[C@H](NC(=O)c1c[nH]c2ncc(C3=CCCC3)nc12)C(C)(C)O. The van der Waals surface area contributed by atoms with Crippen LogP contribution in [0.1, 0.15) is 56.1 Å². The average Bonchev–Trinajstić information content (AvgIpc) is 3.15. The van der Waals surface area contributed by atoms with Gasteiger partial charge in [0.25, 0.3) is 5.91 Å². The number of hydrogen-bond acceptors (Lipinski definition) is 4. The zero-order valence-electron chi connectivity index (χ0n) is 13.7. The molecule has 1 amide bonds. The van der Waals surface area contributed by atoms with Gasteiger partial charge in [0, 0.05) is 6.20 Å². The highest BCUT2D eigenvalue weighted by Crippen LogP contribution is 2.27. The minimum atomic E-state index is -0.993. The van der Waals surface area contributed by atoms with Crippen molar-refractivity contribution in [1.29, 1.82) is 0 Å². The molecule has 23 heavy (non-hydrogen) atoms. The molecular formula is C17H22N4O2. The minimum absolute atomic E-state index is 0.266. The largest absolute Gasteiger partial charge is 0.388 e. The molecule has 1 aliphatic carbocycles. The highest BCUT2D eigenvalue weighted by Gasteiger charge is 2.25. The summed E-state index contributed by atoms with van der Waals surface area (Å²) in [5, 5.41) is 12.8. The number of nitrogens with zero attached hydrogens (tertiary/aromatic N) is 2. The summed E-state index contributed by atoms with van der Waals surface area (Å²) >= 11 is 0. The zero-order chi connectivity index (χ0) is 16.6. The molecule has 0 saturated carbocycles. The summed E-state index contributed by atoms with van der Waals surface area (Å²) in [7, 11) is 0. The van der Waals surface area contributed by atoms with Gasteiger partial charge in [-0.2, -0.15) is 0 Å². The number of allylic oxidation sites excluding steroid dienone is 2. The lowest BCUT2D eigenvalue weighted by molar-refractivity contribution is 0.0409. The van der Waals surface area contributed by atoms with Crippen LogP contribution in [0.15, 0.2) is 18.5 Å². The molecule has 2 aromatic rings. The molecule has 6 heteroatoms. The smallest absolute Gasteiger partial charge is 0.255 e. The van der Waals surface area contributed by atoms with Crippen LogP contribution >= 0.6 is 0 Å². The van der Waals surface area contributed by atoms with Crippen LogP contribution in [0, 0.1) is 0 Å². The molecule has 0 aromatic carbocycles. The van der Waals surface area contributed by atoms with Gasteiger partial charge >= 0.3 is 0 Å². The molecule has 0 aliphatic heterocycles. The molecule has 2 aromatic heterocycles. The number of aromatic nitrogens is 3. The van der Waals surface area contributed by atoms with Crippen LogP contribution in [0.5, 0.6) is 0 Å². The van der Waals surface area contributed by atoms with Crippen LogP contribution < -0.4 is 5.32 Å². The fraction of sp³-hybridized carbons (Fsp3) is 0.471. The highest BCUT2D eigenvalue weighted by molar-refractivity contribution is 6.04. The molecule has 0 bridgehead atoms. The molecule has 0 saturated heterocycles. The molecule has 3 rings (SSSR count). The molecule has 1 atom stereocenters. The molecule has 6 nitrogen and oxygen atoms in total. The lowest BCUT2D eigenvalue weighted by Gasteiger charge is -2.26. The fourth-order valence-corrected chi connectivity index (χ4v) is 2.57. The van der Waals surface area contributed by atoms with Gasteiger partial charge in [-0.3, -0.25) is 4.79 Å². The molecule has 0 spiro atoms. The quantitative estimate of drug-likeness (QED) is 0.808. The lowest BCUT2D eigenvalue weighted by atomic mass is 10.0. The van der Waals surface area contributed by atoms with Crippen LogP contribution in [0.25, 0.3) is 16.7 Å². The van der Waals surface area contributed by atoms with Crippen molar-refractivity contribution in [3.8, 4) is 0 Å². The second-order valence-electron chi connectivity index (χ2n) is 6.63. The van der Waals surface area contributed by atoms with Gasteiger partial charge in [0.05, 0.1) is 29.1 Å². The summed E-state index contributed by atoms with van der Waals surface area (Å²) in [6.45, 7) is 5.10. The number of carbonyl (C=O) groups excluding carboxylic acids is 1. The summed E-state index contributed by atoms with van der Waals surface area (Å²) in [5.74, 6) is -0.266. The van der Waals surface area contributed by atoms with E-state index in [0.717, 1.165) is 25.0 Å². The molecule has 0 unspecified atom stereocenters. The van der Waals surface area contributed by atoms with Crippen molar-refractivity contribution in [1.82, 2.24) is 20.3 Å². The van der Waals surface area contributed by atoms with E-state index < -0.39 is 5.60 Å². The Hall–Kier alpha value is -2.21. The van der Waals surface area contributed by atoms with Gasteiger partial charge in [0.2, 0.25) is 0 Å². The van der Waals surface area contributed by atoms with E-state index in [1.54, 1.807) is 33.2 Å². The fourth-order valence-electron chi connectivity index (χ4n) is 2.57. The number of aliphatic hydroxyl groups is 1. The number of amides is 1. The van der Waals surface area contributed by atoms with E-state index in [-0.39, 0.29) is 11.9 Å². The lowest BCUT2D eigenvalue weighted by Crippen LogP contribution is -2.47. The van der Waals surface area contributed by atoms with Crippen LogP contribution in [0.3, 0.4) is 0 Å². The number of hydrogen-bond donors (Lipinski definition) is 3. The van der Waals surface area contributed by atoms with Crippen molar-refractivity contribution < 1.29 is 9.90 Å². The van der Waals surface area contributed by atoms with Crippen molar-refractivity contribution >= 4 is 22.6 Å². The number of nitrogens with one attached hydrogen (secondary N) is 2. The van der Waals surface area contributed by atoms with Gasteiger partial charge in [0.15, 0.2) is 5.65 Å². The Kier molecular flexibility index (Phi) is 3.93. The topological polar surface area (TPSA) is 90.9 Å². The standard InChI is InChI=1S/C17H22N4O2/c1-10(17(2,3)23)20-16(22)12-8-18-15-14(12)21-13(9-19-15)11-6-4-5-7-11/h6,8-10,23H,4-5,7H2,1-3H3,(H,18,19)(H,20,22)/t10-/m0/s1. The van der Waals surface area contributed by atoms with Gasteiger partial charge in [-0.15, -0.1) is 0 Å². The maximum absolute atomic E-state index is 12.5. The number of aromatic amines is 1. The summed E-state index contributed by atoms with van der Waals surface area (Å²) in [4.78, 5) is 24.5. The second-order valence-corrected chi connectivity index (χ2v) is 6.63. The van der Waals surface area contributed by atoms with Crippen LogP contribution in [0.2, 0.25) is 0 Å². The first kappa shape index (κ1) is 15.7. The Morgan fingerprint density at radius 2 is 2.26 bits per heavy atom. The minimum Gasteiger partial charge on any atom is -0.388 e. The van der Waals surface area contributed by atoms with Crippen LogP contribution in [-0.4, -0.2) is 37.6 Å². The van der Waals surface area contributed by atoms with Crippen molar-refractivity contribution in [2.45, 2.75) is 51.7 Å². The summed E-state index contributed by atoms with van der Waals surface area (Å²) in [5.41, 5.74) is 2.64. The number of rotatable bonds is 4. The zero-order valence-corrected chi connectivity index (χ0v) is 13.7. The molecule has 0 radical (unpaired) electrons. The molecule has 0 fully saturated rings. The average molecular weight is 314 g/mol. The van der Waals surface area contributed by atoms with E-state index in [1.807, 2.05) is 0 Å². The van der Waals surface area contributed by atoms with Crippen molar-refractivity contribution in [3.05, 3.63) is 29.7 Å².